The summed E-state index contributed by atoms with van der Waals surface area (Å²) < 4.78 is 5.46. The van der Waals surface area contributed by atoms with Crippen LogP contribution >= 0.6 is 11.6 Å². The topological polar surface area (TPSA) is 123 Å². The third kappa shape index (κ3) is 7.26. The van der Waals surface area contributed by atoms with Crippen LogP contribution in [-0.4, -0.2) is 24.5 Å². The number of rotatable bonds is 8. The Balaban J connectivity index is 1.47. The van der Waals surface area contributed by atoms with Gasteiger partial charge in [-0.1, -0.05) is 72.3 Å². The lowest BCUT2D eigenvalue weighted by molar-refractivity contribution is -0.130. The molecule has 0 heterocycles. The zero-order valence-corrected chi connectivity index (χ0v) is 18.3. The molecule has 0 fully saturated rings. The van der Waals surface area contributed by atoms with Crippen molar-refractivity contribution < 1.29 is 19.1 Å². The Kier molecular flexibility index (Phi) is 8.26. The minimum atomic E-state index is -0.802. The first-order valence-corrected chi connectivity index (χ1v) is 10.5. The molecule has 1 unspecified atom stereocenters. The molecule has 3 aromatic rings. The minimum Gasteiger partial charge on any atom is -0.484 e. The van der Waals surface area contributed by atoms with Gasteiger partial charge in [-0.15, -0.1) is 0 Å². The minimum absolute atomic E-state index is 0.186. The molecule has 8 nitrogen and oxygen atoms in total. The number of nitrogens with two attached hydrogens (primary N) is 1. The molecule has 0 saturated heterocycles. The van der Waals surface area contributed by atoms with Crippen molar-refractivity contribution >= 4 is 29.4 Å². The monoisotopic (exact) mass is 466 g/mol. The Morgan fingerprint density at radius 2 is 1.42 bits per heavy atom. The summed E-state index contributed by atoms with van der Waals surface area (Å²) >= 11 is 6.15. The van der Waals surface area contributed by atoms with Crippen molar-refractivity contribution in [3.63, 3.8) is 0 Å². The first kappa shape index (κ1) is 23.6. The highest BCUT2D eigenvalue weighted by Crippen LogP contribution is 2.25. The predicted octanol–water partition coefficient (Wildman–Crippen LogP) is 3.33. The molecule has 0 radical (unpaired) electrons. The van der Waals surface area contributed by atoms with Crippen molar-refractivity contribution in [2.75, 3.05) is 6.61 Å². The molecule has 3 aromatic carbocycles. The van der Waals surface area contributed by atoms with Crippen LogP contribution in [0.3, 0.4) is 0 Å². The average Bonchev–Trinajstić information content (AvgIpc) is 2.82. The fourth-order valence-corrected chi connectivity index (χ4v) is 3.37. The van der Waals surface area contributed by atoms with Crippen LogP contribution in [0.5, 0.6) is 5.75 Å². The van der Waals surface area contributed by atoms with Gasteiger partial charge in [-0.25, -0.2) is 4.79 Å². The summed E-state index contributed by atoms with van der Waals surface area (Å²) in [6, 6.07) is 22.4. The second-order valence-electron chi connectivity index (χ2n) is 7.06. The Bertz CT molecular complexity index is 1110. The van der Waals surface area contributed by atoms with E-state index in [1.807, 2.05) is 42.5 Å². The summed E-state index contributed by atoms with van der Waals surface area (Å²) in [5, 5.41) is 2.85. The van der Waals surface area contributed by atoms with Gasteiger partial charge in [0, 0.05) is 5.02 Å². The average molecular weight is 467 g/mol. The molecule has 0 aliphatic heterocycles. The van der Waals surface area contributed by atoms with Gasteiger partial charge in [-0.2, -0.15) is 0 Å². The van der Waals surface area contributed by atoms with E-state index in [-0.39, 0.29) is 13.0 Å². The molecule has 0 spiro atoms. The number of hydrazine groups is 1. The number of amides is 4. The van der Waals surface area contributed by atoms with Crippen molar-refractivity contribution in [1.29, 1.82) is 0 Å². The van der Waals surface area contributed by atoms with E-state index < -0.39 is 23.9 Å². The second kappa shape index (κ2) is 11.5. The molecule has 1 atom stereocenters. The molecule has 4 amide bonds. The van der Waals surface area contributed by atoms with Crippen LogP contribution in [0.1, 0.15) is 18.0 Å². The zero-order valence-electron chi connectivity index (χ0n) is 17.6. The van der Waals surface area contributed by atoms with Crippen molar-refractivity contribution in [1.82, 2.24) is 16.2 Å². The van der Waals surface area contributed by atoms with Gasteiger partial charge >= 0.3 is 6.03 Å². The van der Waals surface area contributed by atoms with Gasteiger partial charge in [0.15, 0.2) is 6.61 Å². The maximum absolute atomic E-state index is 12.3. The SMILES string of the molecule is NC(=O)NC(CC(=O)NNC(=O)COc1ccc(-c2ccccc2)cc1)c1ccccc1Cl. The van der Waals surface area contributed by atoms with Crippen LogP contribution in [0.15, 0.2) is 78.9 Å². The Morgan fingerprint density at radius 3 is 2.09 bits per heavy atom. The number of carbonyl (C=O) groups excluding carboxylic acids is 3. The van der Waals surface area contributed by atoms with Gasteiger partial charge in [0.25, 0.3) is 5.91 Å². The van der Waals surface area contributed by atoms with Crippen LogP contribution in [0.25, 0.3) is 11.1 Å². The van der Waals surface area contributed by atoms with E-state index in [1.165, 1.54) is 0 Å². The summed E-state index contributed by atoms with van der Waals surface area (Å²) in [5.74, 6) is -0.581. The lowest BCUT2D eigenvalue weighted by Gasteiger charge is -2.19. The van der Waals surface area contributed by atoms with Crippen LogP contribution < -0.4 is 26.6 Å². The number of hydrogen-bond donors (Lipinski definition) is 4. The molecule has 9 heteroatoms. The highest BCUT2D eigenvalue weighted by Gasteiger charge is 2.20. The van der Waals surface area contributed by atoms with E-state index >= 15 is 0 Å². The second-order valence-corrected chi connectivity index (χ2v) is 7.47. The maximum atomic E-state index is 12.3. The molecule has 0 aliphatic carbocycles. The third-order valence-corrected chi connectivity index (χ3v) is 5.00. The number of carbonyl (C=O) groups is 3. The number of primary amides is 1. The first-order chi connectivity index (χ1) is 15.9. The Hall–Kier alpha value is -4.04. The van der Waals surface area contributed by atoms with E-state index in [0.29, 0.717) is 16.3 Å². The number of hydrogen-bond acceptors (Lipinski definition) is 4. The molecule has 5 N–H and O–H groups in total. The summed E-state index contributed by atoms with van der Waals surface area (Å²) in [6.07, 6.45) is -0.186. The van der Waals surface area contributed by atoms with Gasteiger partial charge in [0.05, 0.1) is 12.5 Å². The molecular formula is C24H23ClN4O4. The van der Waals surface area contributed by atoms with Crippen molar-refractivity contribution in [2.45, 2.75) is 12.5 Å². The normalized spacial score (nSPS) is 11.2. The van der Waals surface area contributed by atoms with Gasteiger partial charge in [-0.3, -0.25) is 20.4 Å². The fraction of sp³-hybridized carbons (Fsp3) is 0.125. The molecule has 3 rings (SSSR count). The number of urea groups is 1. The lowest BCUT2D eigenvalue weighted by Crippen LogP contribution is -2.45. The first-order valence-electron chi connectivity index (χ1n) is 10.1. The van der Waals surface area contributed by atoms with Crippen LogP contribution in [-0.2, 0) is 9.59 Å². The number of halogens is 1. The Morgan fingerprint density at radius 1 is 0.818 bits per heavy atom. The van der Waals surface area contributed by atoms with Crippen LogP contribution in [0.4, 0.5) is 4.79 Å². The van der Waals surface area contributed by atoms with Gasteiger partial charge in [0.2, 0.25) is 5.91 Å². The van der Waals surface area contributed by atoms with Gasteiger partial charge in [-0.05, 0) is 34.9 Å². The van der Waals surface area contributed by atoms with Crippen molar-refractivity contribution in [3.05, 3.63) is 89.4 Å². The third-order valence-electron chi connectivity index (χ3n) is 4.66. The highest BCUT2D eigenvalue weighted by atomic mass is 35.5. The molecule has 0 bridgehead atoms. The molecular weight excluding hydrogens is 444 g/mol. The standard InChI is InChI=1S/C24H23ClN4O4/c25-20-9-5-4-8-19(20)21(27-24(26)32)14-22(30)28-29-23(31)15-33-18-12-10-17(11-13-18)16-6-2-1-3-7-16/h1-13,21H,14-15H2,(H,28,30)(H,29,31)(H3,26,27,32). The zero-order chi connectivity index (χ0) is 23.6. The van der Waals surface area contributed by atoms with Crippen LogP contribution in [0.2, 0.25) is 5.02 Å². The van der Waals surface area contributed by atoms with E-state index in [1.54, 1.807) is 36.4 Å². The fourth-order valence-electron chi connectivity index (χ4n) is 3.10. The van der Waals surface area contributed by atoms with E-state index in [4.69, 9.17) is 22.1 Å². The van der Waals surface area contributed by atoms with Crippen LogP contribution in [0, 0.1) is 0 Å². The summed E-state index contributed by atoms with van der Waals surface area (Å²) in [7, 11) is 0. The number of benzene rings is 3. The van der Waals surface area contributed by atoms with E-state index in [2.05, 4.69) is 16.2 Å². The largest absolute Gasteiger partial charge is 0.484 e. The lowest BCUT2D eigenvalue weighted by atomic mass is 10.0. The molecule has 0 aliphatic rings. The Labute approximate surface area is 196 Å². The van der Waals surface area contributed by atoms with Crippen molar-refractivity contribution in [2.24, 2.45) is 5.73 Å². The summed E-state index contributed by atoms with van der Waals surface area (Å²) in [6.45, 7) is -0.293. The number of ether oxygens (including phenoxy) is 1. The highest BCUT2D eigenvalue weighted by molar-refractivity contribution is 6.31. The van der Waals surface area contributed by atoms with Gasteiger partial charge < -0.3 is 15.8 Å². The molecule has 0 aromatic heterocycles. The van der Waals surface area contributed by atoms with E-state index in [0.717, 1.165) is 11.1 Å². The quantitative estimate of drug-likeness (QED) is 0.380. The number of nitrogens with one attached hydrogen (secondary N) is 3. The predicted molar refractivity (Wildman–Crippen MR) is 125 cm³/mol. The summed E-state index contributed by atoms with van der Waals surface area (Å²) in [4.78, 5) is 35.6. The summed E-state index contributed by atoms with van der Waals surface area (Å²) in [5.41, 5.74) is 12.4. The molecule has 33 heavy (non-hydrogen) atoms. The molecule has 170 valence electrons. The van der Waals surface area contributed by atoms with E-state index in [9.17, 15) is 14.4 Å². The van der Waals surface area contributed by atoms with Gasteiger partial charge in [0.1, 0.15) is 5.75 Å². The maximum Gasteiger partial charge on any atom is 0.312 e. The molecule has 0 saturated carbocycles. The van der Waals surface area contributed by atoms with Crippen molar-refractivity contribution in [3.8, 4) is 16.9 Å². The smallest absolute Gasteiger partial charge is 0.312 e.